The number of carbonyl (C=O) groups is 2. The molecule has 26 heavy (non-hydrogen) atoms. The lowest BCUT2D eigenvalue weighted by Gasteiger charge is -2.19. The van der Waals surface area contributed by atoms with Gasteiger partial charge in [0.15, 0.2) is 0 Å². The SMILES string of the molecule is Cc1c(C)c(C)c(C(=O)OCC2CO2)c(C(=O)OCCS(=O)(=O)O)c1C. The zero-order valence-corrected chi connectivity index (χ0v) is 15.9. The molecule has 8 nitrogen and oxygen atoms in total. The Morgan fingerprint density at radius 2 is 1.46 bits per heavy atom. The molecule has 1 aromatic rings. The van der Waals surface area contributed by atoms with E-state index in [4.69, 9.17) is 18.8 Å². The first-order chi connectivity index (χ1) is 12.0. The number of benzene rings is 1. The summed E-state index contributed by atoms with van der Waals surface area (Å²) in [6.07, 6.45) is -0.114. The van der Waals surface area contributed by atoms with Gasteiger partial charge in [0.1, 0.15) is 25.1 Å². The van der Waals surface area contributed by atoms with E-state index in [9.17, 15) is 18.0 Å². The molecule has 1 unspecified atom stereocenters. The molecule has 9 heteroatoms. The minimum absolute atomic E-state index is 0.0441. The zero-order valence-electron chi connectivity index (χ0n) is 15.1. The van der Waals surface area contributed by atoms with Gasteiger partial charge in [0, 0.05) is 0 Å². The summed E-state index contributed by atoms with van der Waals surface area (Å²) < 4.78 is 45.5. The molecule has 0 spiro atoms. The Labute approximate surface area is 152 Å². The van der Waals surface area contributed by atoms with Gasteiger partial charge < -0.3 is 14.2 Å². The molecule has 0 aromatic heterocycles. The van der Waals surface area contributed by atoms with Crippen molar-refractivity contribution in [1.29, 1.82) is 0 Å². The second kappa shape index (κ2) is 7.73. The highest BCUT2D eigenvalue weighted by Gasteiger charge is 2.30. The van der Waals surface area contributed by atoms with Crippen LogP contribution in [0.2, 0.25) is 0 Å². The fraction of sp³-hybridized carbons (Fsp3) is 0.529. The molecular formula is C17H22O8S. The van der Waals surface area contributed by atoms with Crippen LogP contribution in [0.25, 0.3) is 0 Å². The average Bonchev–Trinajstić information content (AvgIpc) is 3.36. The predicted octanol–water partition coefficient (Wildman–Crippen LogP) is 1.52. The third-order valence-corrected chi connectivity index (χ3v) is 5.16. The van der Waals surface area contributed by atoms with Crippen molar-refractivity contribution in [2.75, 3.05) is 25.6 Å². The summed E-state index contributed by atoms with van der Waals surface area (Å²) in [6, 6.07) is 0. The van der Waals surface area contributed by atoms with Crippen molar-refractivity contribution in [2.45, 2.75) is 33.8 Å². The fourth-order valence-electron chi connectivity index (χ4n) is 2.54. The van der Waals surface area contributed by atoms with Gasteiger partial charge in [0.2, 0.25) is 0 Å². The number of epoxide rings is 1. The van der Waals surface area contributed by atoms with E-state index >= 15 is 0 Å². The van der Waals surface area contributed by atoms with Crippen LogP contribution in [0.3, 0.4) is 0 Å². The second-order valence-electron chi connectivity index (χ2n) is 6.23. The van der Waals surface area contributed by atoms with Crippen molar-refractivity contribution in [3.05, 3.63) is 33.4 Å². The van der Waals surface area contributed by atoms with E-state index in [2.05, 4.69) is 0 Å². The monoisotopic (exact) mass is 386 g/mol. The van der Waals surface area contributed by atoms with Crippen LogP contribution in [0, 0.1) is 27.7 Å². The Kier molecular flexibility index (Phi) is 6.05. The minimum Gasteiger partial charge on any atom is -0.461 e. The number of carbonyl (C=O) groups excluding carboxylic acids is 2. The molecule has 1 aliphatic heterocycles. The quantitative estimate of drug-likeness (QED) is 0.425. The number of ether oxygens (including phenoxy) is 3. The molecule has 1 saturated heterocycles. The lowest BCUT2D eigenvalue weighted by Crippen LogP contribution is -2.22. The van der Waals surface area contributed by atoms with E-state index in [0.29, 0.717) is 17.7 Å². The lowest BCUT2D eigenvalue weighted by molar-refractivity contribution is 0.0447. The summed E-state index contributed by atoms with van der Waals surface area (Å²) in [6.45, 7) is 7.16. The molecule has 0 amide bonds. The zero-order chi connectivity index (χ0) is 19.6. The van der Waals surface area contributed by atoms with Gasteiger partial charge in [-0.2, -0.15) is 8.42 Å². The minimum atomic E-state index is -4.26. The highest BCUT2D eigenvalue weighted by atomic mass is 32.2. The van der Waals surface area contributed by atoms with Gasteiger partial charge in [0.25, 0.3) is 10.1 Å². The van der Waals surface area contributed by atoms with Crippen molar-refractivity contribution in [1.82, 2.24) is 0 Å². The van der Waals surface area contributed by atoms with Crippen molar-refractivity contribution in [3.8, 4) is 0 Å². The van der Waals surface area contributed by atoms with E-state index in [1.54, 1.807) is 13.8 Å². The van der Waals surface area contributed by atoms with Crippen LogP contribution in [0.5, 0.6) is 0 Å². The smallest absolute Gasteiger partial charge is 0.339 e. The summed E-state index contributed by atoms with van der Waals surface area (Å²) in [7, 11) is -4.26. The van der Waals surface area contributed by atoms with E-state index in [0.717, 1.165) is 11.1 Å². The molecule has 0 radical (unpaired) electrons. The molecule has 1 fully saturated rings. The van der Waals surface area contributed by atoms with Gasteiger partial charge in [-0.05, 0) is 49.9 Å². The number of hydrogen-bond donors (Lipinski definition) is 1. The highest BCUT2D eigenvalue weighted by molar-refractivity contribution is 7.85. The molecule has 1 heterocycles. The Morgan fingerprint density at radius 1 is 1.00 bits per heavy atom. The Bertz CT molecular complexity index is 837. The third kappa shape index (κ3) is 4.80. The number of rotatable bonds is 7. The summed E-state index contributed by atoms with van der Waals surface area (Å²) in [5.41, 5.74) is 2.97. The summed E-state index contributed by atoms with van der Waals surface area (Å²) in [4.78, 5) is 25.1. The van der Waals surface area contributed by atoms with Crippen LogP contribution in [-0.2, 0) is 24.3 Å². The fourth-order valence-corrected chi connectivity index (χ4v) is 2.83. The number of hydrogen-bond acceptors (Lipinski definition) is 7. The van der Waals surface area contributed by atoms with Gasteiger partial charge in [-0.15, -0.1) is 0 Å². The predicted molar refractivity (Wildman–Crippen MR) is 92.1 cm³/mol. The second-order valence-corrected chi connectivity index (χ2v) is 7.80. The van der Waals surface area contributed by atoms with Crippen molar-refractivity contribution >= 4 is 22.1 Å². The maximum absolute atomic E-state index is 12.6. The Balaban J connectivity index is 2.34. The maximum atomic E-state index is 12.6. The molecule has 1 aliphatic rings. The largest absolute Gasteiger partial charge is 0.461 e. The van der Waals surface area contributed by atoms with Crippen LogP contribution >= 0.6 is 0 Å². The molecule has 1 N–H and O–H groups in total. The van der Waals surface area contributed by atoms with Crippen LogP contribution in [0.15, 0.2) is 0 Å². The highest BCUT2D eigenvalue weighted by Crippen LogP contribution is 2.28. The van der Waals surface area contributed by atoms with E-state index in [1.807, 2.05) is 13.8 Å². The van der Waals surface area contributed by atoms with Crippen molar-refractivity contribution < 1.29 is 36.8 Å². The van der Waals surface area contributed by atoms with Gasteiger partial charge >= 0.3 is 11.9 Å². The molecule has 2 rings (SSSR count). The molecule has 0 bridgehead atoms. The summed E-state index contributed by atoms with van der Waals surface area (Å²) in [5.74, 6) is -2.22. The van der Waals surface area contributed by atoms with Crippen molar-refractivity contribution in [2.24, 2.45) is 0 Å². The molecule has 0 aliphatic carbocycles. The third-order valence-electron chi connectivity index (χ3n) is 4.47. The van der Waals surface area contributed by atoms with E-state index in [-0.39, 0.29) is 23.8 Å². The molecular weight excluding hydrogens is 364 g/mol. The lowest BCUT2D eigenvalue weighted by atomic mass is 9.89. The molecule has 0 saturated carbocycles. The van der Waals surface area contributed by atoms with Crippen LogP contribution in [0.1, 0.15) is 43.0 Å². The average molecular weight is 386 g/mol. The van der Waals surface area contributed by atoms with Gasteiger partial charge in [0.05, 0.1) is 17.7 Å². The van der Waals surface area contributed by atoms with Crippen molar-refractivity contribution in [3.63, 3.8) is 0 Å². The Hall–Kier alpha value is -1.97. The molecule has 144 valence electrons. The first-order valence-electron chi connectivity index (χ1n) is 8.04. The normalized spacial score (nSPS) is 16.3. The van der Waals surface area contributed by atoms with Gasteiger partial charge in [-0.25, -0.2) is 9.59 Å². The standard InChI is InChI=1S/C17H22O8S/c1-9-10(2)12(4)15(17(19)25-8-13-7-24-13)14(11(9)3)16(18)23-5-6-26(20,21)22/h13H,5-8H2,1-4H3,(H,20,21,22). The topological polar surface area (TPSA) is 119 Å². The van der Waals surface area contributed by atoms with Crippen LogP contribution in [0.4, 0.5) is 0 Å². The number of esters is 2. The Morgan fingerprint density at radius 3 is 1.88 bits per heavy atom. The van der Waals surface area contributed by atoms with Gasteiger partial charge in [-0.1, -0.05) is 0 Å². The van der Waals surface area contributed by atoms with Crippen LogP contribution in [-0.4, -0.2) is 56.6 Å². The first-order valence-corrected chi connectivity index (χ1v) is 9.65. The maximum Gasteiger partial charge on any atom is 0.339 e. The van der Waals surface area contributed by atoms with Gasteiger partial charge in [-0.3, -0.25) is 4.55 Å². The van der Waals surface area contributed by atoms with E-state index < -0.39 is 34.4 Å². The van der Waals surface area contributed by atoms with E-state index in [1.165, 1.54) is 0 Å². The molecule has 1 atom stereocenters. The molecule has 1 aromatic carbocycles. The first kappa shape index (κ1) is 20.3. The summed E-state index contributed by atoms with van der Waals surface area (Å²) >= 11 is 0. The van der Waals surface area contributed by atoms with Crippen LogP contribution < -0.4 is 0 Å². The summed E-state index contributed by atoms with van der Waals surface area (Å²) in [5, 5.41) is 0.